The standard InChI is InChI=1S/C14H28O/c1-7-11-15-14(6)10-8-9-12(2,3)13(14,4)5/h7-11H2,1-6H3. The van der Waals surface area contributed by atoms with Gasteiger partial charge in [0, 0.05) is 6.61 Å². The van der Waals surface area contributed by atoms with Crippen LogP contribution in [0.4, 0.5) is 0 Å². The van der Waals surface area contributed by atoms with Gasteiger partial charge in [0.15, 0.2) is 0 Å². The third kappa shape index (κ3) is 2.08. The van der Waals surface area contributed by atoms with Gasteiger partial charge in [-0.2, -0.15) is 0 Å². The van der Waals surface area contributed by atoms with Crippen LogP contribution < -0.4 is 0 Å². The molecule has 0 radical (unpaired) electrons. The second-order valence-electron chi connectivity index (χ2n) is 6.44. The van der Waals surface area contributed by atoms with Crippen LogP contribution in [0.5, 0.6) is 0 Å². The monoisotopic (exact) mass is 212 g/mol. The fraction of sp³-hybridized carbons (Fsp3) is 1.00. The van der Waals surface area contributed by atoms with E-state index in [9.17, 15) is 0 Å². The predicted octanol–water partition coefficient (Wildman–Crippen LogP) is 4.41. The van der Waals surface area contributed by atoms with Crippen molar-refractivity contribution in [3.8, 4) is 0 Å². The van der Waals surface area contributed by atoms with Crippen molar-refractivity contribution in [2.45, 2.75) is 72.8 Å². The van der Waals surface area contributed by atoms with Gasteiger partial charge in [-0.25, -0.2) is 0 Å². The molecular formula is C14H28O. The summed E-state index contributed by atoms with van der Waals surface area (Å²) in [5.41, 5.74) is 0.700. The van der Waals surface area contributed by atoms with Crippen LogP contribution in [0.2, 0.25) is 0 Å². The summed E-state index contributed by atoms with van der Waals surface area (Å²) in [5, 5.41) is 0. The molecule has 0 bridgehead atoms. The van der Waals surface area contributed by atoms with E-state index in [1.807, 2.05) is 0 Å². The Balaban J connectivity index is 2.87. The molecule has 0 aromatic heterocycles. The van der Waals surface area contributed by atoms with Gasteiger partial charge in [-0.15, -0.1) is 0 Å². The Labute approximate surface area is 95.6 Å². The van der Waals surface area contributed by atoms with E-state index in [0.717, 1.165) is 13.0 Å². The summed E-state index contributed by atoms with van der Waals surface area (Å²) in [6, 6.07) is 0. The molecule has 0 heterocycles. The second kappa shape index (κ2) is 4.08. The third-order valence-corrected chi connectivity index (χ3v) is 5.09. The molecule has 0 aromatic rings. The first-order chi connectivity index (χ1) is 6.77. The molecule has 0 N–H and O–H groups in total. The lowest BCUT2D eigenvalue weighted by molar-refractivity contribution is -0.181. The maximum Gasteiger partial charge on any atom is 0.0710 e. The van der Waals surface area contributed by atoms with Gasteiger partial charge in [0.2, 0.25) is 0 Å². The Morgan fingerprint density at radius 3 is 2.13 bits per heavy atom. The van der Waals surface area contributed by atoms with Crippen molar-refractivity contribution < 1.29 is 4.74 Å². The third-order valence-electron chi connectivity index (χ3n) is 5.09. The highest BCUT2D eigenvalue weighted by Gasteiger charge is 2.53. The van der Waals surface area contributed by atoms with Crippen LogP contribution in [0.3, 0.4) is 0 Å². The number of hydrogen-bond donors (Lipinski definition) is 0. The van der Waals surface area contributed by atoms with Gasteiger partial charge in [0.05, 0.1) is 5.60 Å². The molecule has 0 spiro atoms. The van der Waals surface area contributed by atoms with E-state index < -0.39 is 0 Å². The SMILES string of the molecule is CCCOC1(C)CCCC(C)(C)C1(C)C. The first-order valence-electron chi connectivity index (χ1n) is 6.41. The number of rotatable bonds is 3. The fourth-order valence-electron chi connectivity index (χ4n) is 2.79. The predicted molar refractivity (Wildman–Crippen MR) is 66.1 cm³/mol. The Bertz CT molecular complexity index is 217. The molecule has 0 aromatic carbocycles. The molecule has 1 saturated carbocycles. The van der Waals surface area contributed by atoms with Crippen LogP contribution in [0, 0.1) is 10.8 Å². The van der Waals surface area contributed by atoms with Crippen LogP contribution in [-0.4, -0.2) is 12.2 Å². The summed E-state index contributed by atoms with van der Waals surface area (Å²) in [4.78, 5) is 0. The van der Waals surface area contributed by atoms with Gasteiger partial charge >= 0.3 is 0 Å². The van der Waals surface area contributed by atoms with E-state index in [0.29, 0.717) is 5.41 Å². The zero-order valence-electron chi connectivity index (χ0n) is 11.4. The van der Waals surface area contributed by atoms with Gasteiger partial charge in [-0.3, -0.25) is 0 Å². The first-order valence-corrected chi connectivity index (χ1v) is 6.41. The van der Waals surface area contributed by atoms with Crippen molar-refractivity contribution in [3.63, 3.8) is 0 Å². The molecule has 1 atom stereocenters. The molecule has 1 fully saturated rings. The van der Waals surface area contributed by atoms with Crippen molar-refractivity contribution in [1.82, 2.24) is 0 Å². The highest BCUT2D eigenvalue weighted by molar-refractivity contribution is 5.03. The summed E-state index contributed by atoms with van der Waals surface area (Å²) in [7, 11) is 0. The molecule has 90 valence electrons. The van der Waals surface area contributed by atoms with E-state index in [1.165, 1.54) is 19.3 Å². The zero-order chi connectivity index (χ0) is 11.7. The normalized spacial score (nSPS) is 34.0. The van der Waals surface area contributed by atoms with E-state index in [2.05, 4.69) is 41.5 Å². The maximum atomic E-state index is 6.17. The minimum absolute atomic E-state index is 0.0603. The molecule has 1 nitrogen and oxygen atoms in total. The van der Waals surface area contributed by atoms with Gasteiger partial charge in [-0.1, -0.05) is 41.0 Å². The Morgan fingerprint density at radius 2 is 1.60 bits per heavy atom. The zero-order valence-corrected chi connectivity index (χ0v) is 11.4. The summed E-state index contributed by atoms with van der Waals surface area (Å²) in [6.45, 7) is 14.9. The van der Waals surface area contributed by atoms with Crippen molar-refractivity contribution in [2.24, 2.45) is 10.8 Å². The number of hydrogen-bond acceptors (Lipinski definition) is 1. The number of ether oxygens (including phenoxy) is 1. The van der Waals surface area contributed by atoms with Gasteiger partial charge in [-0.05, 0) is 37.0 Å². The van der Waals surface area contributed by atoms with Crippen LogP contribution in [0.1, 0.15) is 67.2 Å². The quantitative estimate of drug-likeness (QED) is 0.673. The van der Waals surface area contributed by atoms with Gasteiger partial charge in [0.25, 0.3) is 0 Å². The largest absolute Gasteiger partial charge is 0.375 e. The minimum atomic E-state index is 0.0603. The van der Waals surface area contributed by atoms with Crippen molar-refractivity contribution in [1.29, 1.82) is 0 Å². The molecule has 0 aliphatic heterocycles. The molecule has 0 saturated heterocycles. The molecule has 1 rings (SSSR count). The van der Waals surface area contributed by atoms with E-state index in [-0.39, 0.29) is 11.0 Å². The molecule has 1 unspecified atom stereocenters. The molecular weight excluding hydrogens is 184 g/mol. The Hall–Kier alpha value is -0.0400. The molecule has 1 aliphatic rings. The van der Waals surface area contributed by atoms with Crippen LogP contribution >= 0.6 is 0 Å². The first kappa shape index (κ1) is 13.0. The summed E-state index contributed by atoms with van der Waals surface area (Å²) < 4.78 is 6.17. The smallest absolute Gasteiger partial charge is 0.0710 e. The van der Waals surface area contributed by atoms with E-state index in [4.69, 9.17) is 4.74 Å². The summed E-state index contributed by atoms with van der Waals surface area (Å²) in [5.74, 6) is 0. The lowest BCUT2D eigenvalue weighted by Crippen LogP contribution is -2.55. The highest BCUT2D eigenvalue weighted by Crippen LogP contribution is 2.56. The lowest BCUT2D eigenvalue weighted by Gasteiger charge is -2.57. The second-order valence-corrected chi connectivity index (χ2v) is 6.44. The summed E-state index contributed by atoms with van der Waals surface area (Å²) >= 11 is 0. The minimum Gasteiger partial charge on any atom is -0.375 e. The van der Waals surface area contributed by atoms with E-state index in [1.54, 1.807) is 0 Å². The molecule has 15 heavy (non-hydrogen) atoms. The maximum absolute atomic E-state index is 6.17. The van der Waals surface area contributed by atoms with Crippen LogP contribution in [-0.2, 0) is 4.74 Å². The van der Waals surface area contributed by atoms with Crippen molar-refractivity contribution in [3.05, 3.63) is 0 Å². The fourth-order valence-corrected chi connectivity index (χ4v) is 2.79. The van der Waals surface area contributed by atoms with Gasteiger partial charge < -0.3 is 4.74 Å². The highest BCUT2D eigenvalue weighted by atomic mass is 16.5. The average Bonchev–Trinajstić information content (AvgIpc) is 2.12. The van der Waals surface area contributed by atoms with Crippen LogP contribution in [0.15, 0.2) is 0 Å². The summed E-state index contributed by atoms with van der Waals surface area (Å²) in [6.07, 6.45) is 4.96. The molecule has 0 amide bonds. The Morgan fingerprint density at radius 1 is 1.00 bits per heavy atom. The van der Waals surface area contributed by atoms with Crippen LogP contribution in [0.25, 0.3) is 0 Å². The van der Waals surface area contributed by atoms with E-state index >= 15 is 0 Å². The molecule has 1 aliphatic carbocycles. The van der Waals surface area contributed by atoms with Gasteiger partial charge in [0.1, 0.15) is 0 Å². The molecule has 1 heteroatoms. The van der Waals surface area contributed by atoms with Crippen molar-refractivity contribution >= 4 is 0 Å². The topological polar surface area (TPSA) is 9.23 Å². The van der Waals surface area contributed by atoms with Crippen molar-refractivity contribution in [2.75, 3.05) is 6.61 Å². The Kier molecular flexibility index (Phi) is 3.55. The lowest BCUT2D eigenvalue weighted by atomic mass is 9.53. The average molecular weight is 212 g/mol.